The molecule has 2 unspecified atom stereocenters. The highest BCUT2D eigenvalue weighted by Gasteiger charge is 2.31. The van der Waals surface area contributed by atoms with Crippen molar-refractivity contribution in [2.45, 2.75) is 12.2 Å². The zero-order valence-electron chi connectivity index (χ0n) is 12.0. The molecule has 0 aliphatic carbocycles. The maximum Gasteiger partial charge on any atom is 0.179 e. The molecule has 2 nitrogen and oxygen atoms in total. The first-order valence-electron chi connectivity index (χ1n) is 6.88. The smallest absolute Gasteiger partial charge is 0.179 e. The van der Waals surface area contributed by atoms with E-state index >= 15 is 0 Å². The van der Waals surface area contributed by atoms with Crippen molar-refractivity contribution in [1.82, 2.24) is 4.90 Å². The topological polar surface area (TPSA) is 12.5 Å². The third-order valence-corrected chi connectivity index (χ3v) is 4.06. The molecule has 0 spiro atoms. The van der Waals surface area contributed by atoms with Gasteiger partial charge in [-0.1, -0.05) is 30.3 Å². The van der Waals surface area contributed by atoms with Gasteiger partial charge in [0.05, 0.1) is 7.11 Å². The van der Waals surface area contributed by atoms with E-state index in [1.165, 1.54) is 13.2 Å². The second kappa shape index (κ2) is 5.45. The molecule has 1 aliphatic heterocycles. The average molecular weight is 289 g/mol. The number of hydrogen-bond donors (Lipinski definition) is 0. The normalized spacial score (nSPS) is 21.9. The van der Waals surface area contributed by atoms with Gasteiger partial charge in [-0.05, 0) is 30.3 Å². The maximum absolute atomic E-state index is 14.3. The van der Waals surface area contributed by atoms with Crippen molar-refractivity contribution in [1.29, 1.82) is 0 Å². The van der Waals surface area contributed by atoms with Crippen molar-refractivity contribution in [2.75, 3.05) is 20.7 Å². The van der Waals surface area contributed by atoms with Gasteiger partial charge in [0.1, 0.15) is 0 Å². The van der Waals surface area contributed by atoms with Gasteiger partial charge in [0, 0.05) is 18.0 Å². The molecule has 0 amide bonds. The fraction of sp³-hybridized carbons (Fsp3) is 0.294. The van der Waals surface area contributed by atoms with Crippen LogP contribution in [0.4, 0.5) is 8.78 Å². The van der Waals surface area contributed by atoms with E-state index in [1.54, 1.807) is 24.1 Å². The summed E-state index contributed by atoms with van der Waals surface area (Å²) in [6.45, 7) is 0.518. The maximum atomic E-state index is 14.3. The predicted molar refractivity (Wildman–Crippen MR) is 77.7 cm³/mol. The zero-order valence-corrected chi connectivity index (χ0v) is 12.0. The standard InChI is InChI=1S/C17H17F2NO/c1-20-10-14(11-7-8-16(21-2)15(18)9-11)12-5-3-4-6-13(12)17(20)19/h3-9,14,17H,10H2,1-2H3. The minimum Gasteiger partial charge on any atom is -0.494 e. The van der Waals surface area contributed by atoms with Crippen LogP contribution in [0.25, 0.3) is 0 Å². The molecule has 2 aromatic rings. The Morgan fingerprint density at radius 1 is 1.14 bits per heavy atom. The van der Waals surface area contributed by atoms with Gasteiger partial charge in [-0.25, -0.2) is 8.78 Å². The van der Waals surface area contributed by atoms with E-state index in [9.17, 15) is 8.78 Å². The predicted octanol–water partition coefficient (Wildman–Crippen LogP) is 3.88. The van der Waals surface area contributed by atoms with Crippen LogP contribution in [0, 0.1) is 5.82 Å². The first-order valence-corrected chi connectivity index (χ1v) is 6.88. The number of hydrogen-bond acceptors (Lipinski definition) is 2. The number of alkyl halides is 1. The number of rotatable bonds is 2. The molecule has 0 radical (unpaired) electrons. The lowest BCUT2D eigenvalue weighted by atomic mass is 9.84. The van der Waals surface area contributed by atoms with Crippen LogP contribution in [-0.4, -0.2) is 25.6 Å². The van der Waals surface area contributed by atoms with Crippen molar-refractivity contribution < 1.29 is 13.5 Å². The molecule has 0 aromatic heterocycles. The van der Waals surface area contributed by atoms with Crippen molar-refractivity contribution in [3.63, 3.8) is 0 Å². The second-order valence-corrected chi connectivity index (χ2v) is 5.35. The third kappa shape index (κ3) is 2.40. The summed E-state index contributed by atoms with van der Waals surface area (Å²) in [4.78, 5) is 1.65. The van der Waals surface area contributed by atoms with E-state index in [0.717, 1.165) is 11.1 Å². The fourth-order valence-corrected chi connectivity index (χ4v) is 2.95. The summed E-state index contributed by atoms with van der Waals surface area (Å²) in [5.41, 5.74) is 2.42. The Kier molecular flexibility index (Phi) is 3.64. The number of halogens is 2. The molecular formula is C17H17F2NO. The van der Waals surface area contributed by atoms with Gasteiger partial charge < -0.3 is 4.74 Å². The second-order valence-electron chi connectivity index (χ2n) is 5.35. The van der Waals surface area contributed by atoms with Crippen LogP contribution in [0.1, 0.15) is 28.9 Å². The molecule has 0 saturated carbocycles. The summed E-state index contributed by atoms with van der Waals surface area (Å²) >= 11 is 0. The number of nitrogens with zero attached hydrogens (tertiary/aromatic N) is 1. The zero-order chi connectivity index (χ0) is 15.0. The third-order valence-electron chi connectivity index (χ3n) is 4.06. The molecular weight excluding hydrogens is 272 g/mol. The molecule has 21 heavy (non-hydrogen) atoms. The first kappa shape index (κ1) is 14.0. The fourth-order valence-electron chi connectivity index (χ4n) is 2.95. The number of methoxy groups -OCH3 is 1. The van der Waals surface area contributed by atoms with Crippen LogP contribution in [0.2, 0.25) is 0 Å². The highest BCUT2D eigenvalue weighted by atomic mass is 19.1. The van der Waals surface area contributed by atoms with Crippen molar-refractivity contribution >= 4 is 0 Å². The van der Waals surface area contributed by atoms with Crippen LogP contribution in [0.3, 0.4) is 0 Å². The summed E-state index contributed by atoms with van der Waals surface area (Å²) in [7, 11) is 3.18. The lowest BCUT2D eigenvalue weighted by Gasteiger charge is -2.35. The number of likely N-dealkylation sites (N-methyl/N-ethyl adjacent to an activating group) is 1. The molecule has 0 fully saturated rings. The molecule has 4 heteroatoms. The average Bonchev–Trinajstić information content (AvgIpc) is 2.51. The highest BCUT2D eigenvalue weighted by Crippen LogP contribution is 2.39. The van der Waals surface area contributed by atoms with Crippen LogP contribution >= 0.6 is 0 Å². The van der Waals surface area contributed by atoms with Gasteiger partial charge >= 0.3 is 0 Å². The van der Waals surface area contributed by atoms with Crippen molar-refractivity contribution in [3.05, 3.63) is 65.0 Å². The van der Waals surface area contributed by atoms with Gasteiger partial charge in [-0.3, -0.25) is 4.90 Å². The van der Waals surface area contributed by atoms with Gasteiger partial charge in [-0.2, -0.15) is 0 Å². The Labute approximate surface area is 123 Å². The van der Waals surface area contributed by atoms with E-state index in [1.807, 2.05) is 24.3 Å². The Hall–Kier alpha value is -1.94. The van der Waals surface area contributed by atoms with Gasteiger partial charge in [0.25, 0.3) is 0 Å². The summed E-state index contributed by atoms with van der Waals surface area (Å²) in [6.07, 6.45) is -1.11. The van der Waals surface area contributed by atoms with Gasteiger partial charge in [0.2, 0.25) is 0 Å². The monoisotopic (exact) mass is 289 g/mol. The summed E-state index contributed by atoms with van der Waals surface area (Å²) < 4.78 is 33.2. The Balaban J connectivity index is 2.06. The molecule has 110 valence electrons. The van der Waals surface area contributed by atoms with E-state index in [2.05, 4.69) is 0 Å². The minimum absolute atomic E-state index is 0.0430. The Morgan fingerprint density at radius 2 is 1.86 bits per heavy atom. The quantitative estimate of drug-likeness (QED) is 0.778. The molecule has 0 bridgehead atoms. The van der Waals surface area contributed by atoms with Crippen molar-refractivity contribution in [2.24, 2.45) is 0 Å². The molecule has 2 aromatic carbocycles. The Bertz CT molecular complexity index is 659. The van der Waals surface area contributed by atoms with Crippen LogP contribution in [0.15, 0.2) is 42.5 Å². The summed E-state index contributed by atoms with van der Waals surface area (Å²) in [5, 5.41) is 0. The minimum atomic E-state index is -1.11. The highest BCUT2D eigenvalue weighted by molar-refractivity contribution is 5.43. The molecule has 3 rings (SSSR count). The van der Waals surface area contributed by atoms with Crippen LogP contribution in [0.5, 0.6) is 5.75 Å². The van der Waals surface area contributed by atoms with E-state index < -0.39 is 12.1 Å². The van der Waals surface area contributed by atoms with Crippen LogP contribution < -0.4 is 4.74 Å². The number of fused-ring (bicyclic) bond motifs is 1. The molecule has 2 atom stereocenters. The van der Waals surface area contributed by atoms with Gasteiger partial charge in [0.15, 0.2) is 17.9 Å². The van der Waals surface area contributed by atoms with E-state index in [-0.39, 0.29) is 11.7 Å². The summed E-state index contributed by atoms with van der Waals surface area (Å²) in [5.74, 6) is -0.212. The largest absolute Gasteiger partial charge is 0.494 e. The summed E-state index contributed by atoms with van der Waals surface area (Å²) in [6, 6.07) is 12.4. The number of benzene rings is 2. The van der Waals surface area contributed by atoms with E-state index in [0.29, 0.717) is 12.1 Å². The number of ether oxygens (including phenoxy) is 1. The molecule has 0 N–H and O–H groups in total. The lowest BCUT2D eigenvalue weighted by Crippen LogP contribution is -2.33. The first-order chi connectivity index (χ1) is 10.1. The van der Waals surface area contributed by atoms with Crippen LogP contribution in [-0.2, 0) is 0 Å². The van der Waals surface area contributed by atoms with Crippen molar-refractivity contribution in [3.8, 4) is 5.75 Å². The van der Waals surface area contributed by atoms with E-state index in [4.69, 9.17) is 4.74 Å². The molecule has 1 heterocycles. The molecule has 0 saturated heterocycles. The van der Waals surface area contributed by atoms with Gasteiger partial charge in [-0.15, -0.1) is 0 Å². The lowest BCUT2D eigenvalue weighted by molar-refractivity contribution is 0.0933. The Morgan fingerprint density at radius 3 is 2.52 bits per heavy atom. The SMILES string of the molecule is COc1ccc(C2CN(C)C(F)c3ccccc32)cc1F. The molecule has 1 aliphatic rings.